The van der Waals surface area contributed by atoms with Crippen LogP contribution in [0.5, 0.6) is 11.5 Å². The summed E-state index contributed by atoms with van der Waals surface area (Å²) in [6.45, 7) is 6.52. The monoisotopic (exact) mass is 303 g/mol. The smallest absolute Gasteiger partial charge is 0.231 e. The molecule has 2 aliphatic rings. The van der Waals surface area contributed by atoms with E-state index in [0.717, 1.165) is 34.0 Å². The lowest BCUT2D eigenvalue weighted by Crippen LogP contribution is -2.16. The van der Waals surface area contributed by atoms with Crippen molar-refractivity contribution in [3.05, 3.63) is 84.2 Å². The van der Waals surface area contributed by atoms with E-state index >= 15 is 0 Å². The molecule has 0 N–H and O–H groups in total. The van der Waals surface area contributed by atoms with E-state index < -0.39 is 0 Å². The van der Waals surface area contributed by atoms with Gasteiger partial charge < -0.3 is 14.4 Å². The molecular weight excluding hydrogens is 286 g/mol. The average molecular weight is 303 g/mol. The zero-order valence-electron chi connectivity index (χ0n) is 13.0. The van der Waals surface area contributed by atoms with Gasteiger partial charge in [-0.25, -0.2) is 0 Å². The maximum Gasteiger partial charge on any atom is 0.231 e. The van der Waals surface area contributed by atoms with Crippen LogP contribution in [0.1, 0.15) is 11.1 Å². The van der Waals surface area contributed by atoms with E-state index in [0.29, 0.717) is 6.79 Å². The predicted octanol–water partition coefficient (Wildman–Crippen LogP) is 4.65. The maximum atomic E-state index is 5.47. The lowest BCUT2D eigenvalue weighted by atomic mass is 10.0. The van der Waals surface area contributed by atoms with E-state index in [1.165, 1.54) is 5.56 Å². The van der Waals surface area contributed by atoms with Crippen molar-refractivity contribution in [2.75, 3.05) is 11.7 Å². The minimum absolute atomic E-state index is 0.292. The molecule has 0 spiro atoms. The lowest BCUT2D eigenvalue weighted by molar-refractivity contribution is 0.174. The molecule has 3 heteroatoms. The van der Waals surface area contributed by atoms with Crippen molar-refractivity contribution in [3.8, 4) is 11.5 Å². The molecule has 0 bridgehead atoms. The van der Waals surface area contributed by atoms with Gasteiger partial charge in [0.1, 0.15) is 0 Å². The van der Waals surface area contributed by atoms with Crippen molar-refractivity contribution in [1.82, 2.24) is 0 Å². The summed E-state index contributed by atoms with van der Waals surface area (Å²) < 4.78 is 10.9. The van der Waals surface area contributed by atoms with Crippen LogP contribution in [0, 0.1) is 6.92 Å². The third-order valence-corrected chi connectivity index (χ3v) is 4.02. The lowest BCUT2D eigenvalue weighted by Gasteiger charge is -2.26. The Morgan fingerprint density at radius 1 is 1.00 bits per heavy atom. The van der Waals surface area contributed by atoms with Crippen LogP contribution in [-0.2, 0) is 0 Å². The summed E-state index contributed by atoms with van der Waals surface area (Å²) in [5, 5.41) is 0. The Morgan fingerprint density at radius 3 is 2.74 bits per heavy atom. The Hall–Kier alpha value is -2.94. The molecule has 0 atom stereocenters. The summed E-state index contributed by atoms with van der Waals surface area (Å²) in [5.41, 5.74) is 5.48. The zero-order chi connectivity index (χ0) is 15.8. The van der Waals surface area contributed by atoms with Gasteiger partial charge in [-0.15, -0.1) is 0 Å². The molecule has 114 valence electrons. The molecule has 0 aliphatic carbocycles. The molecule has 0 radical (unpaired) electrons. The van der Waals surface area contributed by atoms with Crippen LogP contribution in [0.2, 0.25) is 0 Å². The maximum absolute atomic E-state index is 5.47. The molecule has 23 heavy (non-hydrogen) atoms. The Kier molecular flexibility index (Phi) is 3.19. The Labute approximate surface area is 135 Å². The van der Waals surface area contributed by atoms with E-state index in [9.17, 15) is 0 Å². The molecule has 4 rings (SSSR count). The number of rotatable bonds is 2. The van der Waals surface area contributed by atoms with Crippen molar-refractivity contribution in [1.29, 1.82) is 0 Å². The highest BCUT2D eigenvalue weighted by Gasteiger charge is 2.17. The molecule has 2 aromatic carbocycles. The fourth-order valence-electron chi connectivity index (χ4n) is 2.80. The van der Waals surface area contributed by atoms with Crippen molar-refractivity contribution >= 4 is 11.3 Å². The highest BCUT2D eigenvalue weighted by atomic mass is 16.7. The standard InChI is InChI=1S/C20H17NO2/c1-14-4-3-5-18(10-14)21-12-17(7-6-15(21)2)16-8-9-19-20(11-16)23-13-22-19/h3-12H,2,13H2,1H3. The zero-order valence-corrected chi connectivity index (χ0v) is 13.0. The second kappa shape index (κ2) is 5.36. The quantitative estimate of drug-likeness (QED) is 0.805. The second-order valence-corrected chi connectivity index (χ2v) is 5.69. The number of fused-ring (bicyclic) bond motifs is 1. The number of anilines is 1. The van der Waals surface area contributed by atoms with E-state index in [2.05, 4.69) is 54.9 Å². The van der Waals surface area contributed by atoms with E-state index in [1.54, 1.807) is 0 Å². The molecule has 0 saturated carbocycles. The highest BCUT2D eigenvalue weighted by molar-refractivity contribution is 5.82. The SMILES string of the molecule is C=C1C=CC(c2ccc3c(c2)OCO3)=CN1c1cccc(C)c1. The highest BCUT2D eigenvalue weighted by Crippen LogP contribution is 2.36. The number of hydrogen-bond acceptors (Lipinski definition) is 3. The summed E-state index contributed by atoms with van der Waals surface area (Å²) in [7, 11) is 0. The van der Waals surface area contributed by atoms with Gasteiger partial charge in [0, 0.05) is 17.6 Å². The fourth-order valence-corrected chi connectivity index (χ4v) is 2.80. The molecule has 2 aromatic rings. The van der Waals surface area contributed by atoms with Gasteiger partial charge in [0.05, 0.1) is 0 Å². The number of allylic oxidation sites excluding steroid dienone is 3. The van der Waals surface area contributed by atoms with Crippen LogP contribution in [0.3, 0.4) is 0 Å². The van der Waals surface area contributed by atoms with Crippen molar-refractivity contribution in [2.45, 2.75) is 6.92 Å². The van der Waals surface area contributed by atoms with Crippen LogP contribution in [-0.4, -0.2) is 6.79 Å². The number of hydrogen-bond donors (Lipinski definition) is 0. The van der Waals surface area contributed by atoms with Gasteiger partial charge in [0.15, 0.2) is 11.5 Å². The average Bonchev–Trinajstić information content (AvgIpc) is 3.03. The van der Waals surface area contributed by atoms with Gasteiger partial charge in [0.25, 0.3) is 0 Å². The third-order valence-electron chi connectivity index (χ3n) is 4.02. The molecule has 0 amide bonds. The Bertz CT molecular complexity index is 848. The van der Waals surface area contributed by atoms with Gasteiger partial charge in [-0.3, -0.25) is 0 Å². The summed E-state index contributed by atoms with van der Waals surface area (Å²) in [6, 6.07) is 14.4. The van der Waals surface area contributed by atoms with Gasteiger partial charge in [-0.2, -0.15) is 0 Å². The van der Waals surface area contributed by atoms with Crippen molar-refractivity contribution in [3.63, 3.8) is 0 Å². The number of benzene rings is 2. The molecule has 0 aromatic heterocycles. The summed E-state index contributed by atoms with van der Waals surface area (Å²) in [5.74, 6) is 1.59. The van der Waals surface area contributed by atoms with Crippen molar-refractivity contribution < 1.29 is 9.47 Å². The number of ether oxygens (including phenoxy) is 2. The third kappa shape index (κ3) is 2.50. The van der Waals surface area contributed by atoms with Gasteiger partial charge in [-0.1, -0.05) is 30.9 Å². The number of nitrogens with zero attached hydrogens (tertiary/aromatic N) is 1. The van der Waals surface area contributed by atoms with Crippen LogP contribution in [0.15, 0.2) is 73.1 Å². The normalized spacial score (nSPS) is 15.8. The number of aryl methyl sites for hydroxylation is 1. The molecule has 2 heterocycles. The summed E-state index contributed by atoms with van der Waals surface area (Å²) in [6.07, 6.45) is 6.21. The van der Waals surface area contributed by atoms with Gasteiger partial charge in [-0.05, 0) is 54.0 Å². The van der Waals surface area contributed by atoms with Crippen molar-refractivity contribution in [2.24, 2.45) is 0 Å². The minimum atomic E-state index is 0.292. The first-order valence-corrected chi connectivity index (χ1v) is 7.55. The summed E-state index contributed by atoms with van der Waals surface area (Å²) >= 11 is 0. The topological polar surface area (TPSA) is 21.7 Å². The predicted molar refractivity (Wildman–Crippen MR) is 92.5 cm³/mol. The van der Waals surface area contributed by atoms with Crippen LogP contribution >= 0.6 is 0 Å². The van der Waals surface area contributed by atoms with Crippen LogP contribution < -0.4 is 14.4 Å². The molecule has 2 aliphatic heterocycles. The minimum Gasteiger partial charge on any atom is -0.454 e. The largest absolute Gasteiger partial charge is 0.454 e. The molecule has 3 nitrogen and oxygen atoms in total. The molecule has 0 fully saturated rings. The van der Waals surface area contributed by atoms with E-state index in [4.69, 9.17) is 9.47 Å². The first-order valence-electron chi connectivity index (χ1n) is 7.55. The van der Waals surface area contributed by atoms with E-state index in [-0.39, 0.29) is 0 Å². The van der Waals surface area contributed by atoms with Gasteiger partial charge >= 0.3 is 0 Å². The first-order chi connectivity index (χ1) is 11.2. The Morgan fingerprint density at radius 2 is 1.87 bits per heavy atom. The summed E-state index contributed by atoms with van der Waals surface area (Å²) in [4.78, 5) is 2.10. The fraction of sp³-hybridized carbons (Fsp3) is 0.100. The van der Waals surface area contributed by atoms with Crippen LogP contribution in [0.25, 0.3) is 5.57 Å². The van der Waals surface area contributed by atoms with Gasteiger partial charge in [0.2, 0.25) is 6.79 Å². The molecule has 0 unspecified atom stereocenters. The Balaban J connectivity index is 1.73. The first kappa shape index (κ1) is 13.7. The van der Waals surface area contributed by atoms with Crippen LogP contribution in [0.4, 0.5) is 5.69 Å². The molecule has 0 saturated heterocycles. The van der Waals surface area contributed by atoms with E-state index in [1.807, 2.05) is 24.3 Å². The second-order valence-electron chi connectivity index (χ2n) is 5.69. The molecular formula is C20H17NO2.